The molecule has 22 heavy (non-hydrogen) atoms. The van der Waals surface area contributed by atoms with Crippen LogP contribution >= 0.6 is 11.6 Å². The Kier molecular flexibility index (Phi) is 4.66. The Balaban J connectivity index is 2.51. The number of fused-ring (bicyclic) bond motifs is 1. The van der Waals surface area contributed by atoms with Crippen molar-refractivity contribution in [2.24, 2.45) is 5.41 Å². The zero-order valence-electron chi connectivity index (χ0n) is 13.4. The van der Waals surface area contributed by atoms with Crippen molar-refractivity contribution in [2.75, 3.05) is 6.54 Å². The van der Waals surface area contributed by atoms with E-state index >= 15 is 0 Å². The lowest BCUT2D eigenvalue weighted by atomic mass is 9.93. The normalized spacial score (nSPS) is 13.1. The Morgan fingerprint density at radius 1 is 1.27 bits per heavy atom. The van der Waals surface area contributed by atoms with Crippen LogP contribution in [0.3, 0.4) is 0 Å². The van der Waals surface area contributed by atoms with Gasteiger partial charge in [-0.05, 0) is 40.8 Å². The summed E-state index contributed by atoms with van der Waals surface area (Å²) in [7, 11) is 0. The lowest BCUT2D eigenvalue weighted by Crippen LogP contribution is -2.38. The van der Waals surface area contributed by atoms with Crippen LogP contribution in [0.1, 0.15) is 39.3 Å². The second-order valence-corrected chi connectivity index (χ2v) is 7.30. The molecule has 0 aromatic heterocycles. The average molecular weight is 320 g/mol. The average Bonchev–Trinajstić information content (AvgIpc) is 2.42. The first-order valence-corrected chi connectivity index (χ1v) is 7.74. The largest absolute Gasteiger partial charge is 0.465 e. The number of amides is 1. The molecule has 0 heterocycles. The molecule has 3 nitrogen and oxygen atoms in total. The van der Waals surface area contributed by atoms with Gasteiger partial charge < -0.3 is 10.0 Å². The van der Waals surface area contributed by atoms with Gasteiger partial charge in [-0.3, -0.25) is 0 Å². The fourth-order valence-electron chi connectivity index (χ4n) is 2.70. The van der Waals surface area contributed by atoms with Crippen molar-refractivity contribution in [3.05, 3.63) is 47.0 Å². The third kappa shape index (κ3) is 3.72. The number of carbonyl (C=O) groups is 1. The van der Waals surface area contributed by atoms with Crippen LogP contribution in [0.15, 0.2) is 36.4 Å². The van der Waals surface area contributed by atoms with Gasteiger partial charge in [0.25, 0.3) is 0 Å². The molecule has 0 fully saturated rings. The van der Waals surface area contributed by atoms with Crippen LogP contribution in [-0.2, 0) is 0 Å². The Morgan fingerprint density at radius 2 is 1.91 bits per heavy atom. The standard InChI is InChI=1S/C18H22ClNO2/c1-12(20(17(21)22)11-18(2,3)4)16-10-14(19)9-13-7-5-6-8-15(13)16/h5-10,12H,11H2,1-4H3,(H,21,22). The molecule has 0 saturated heterocycles. The molecule has 0 aliphatic carbocycles. The van der Waals surface area contributed by atoms with Gasteiger partial charge in [-0.2, -0.15) is 0 Å². The van der Waals surface area contributed by atoms with Gasteiger partial charge in [0.05, 0.1) is 6.04 Å². The van der Waals surface area contributed by atoms with Crippen molar-refractivity contribution in [3.63, 3.8) is 0 Å². The summed E-state index contributed by atoms with van der Waals surface area (Å²) in [5, 5.41) is 12.3. The Morgan fingerprint density at radius 3 is 2.50 bits per heavy atom. The summed E-state index contributed by atoms with van der Waals surface area (Å²) < 4.78 is 0. The Hall–Kier alpha value is -1.74. The highest BCUT2D eigenvalue weighted by Crippen LogP contribution is 2.33. The van der Waals surface area contributed by atoms with E-state index < -0.39 is 6.09 Å². The van der Waals surface area contributed by atoms with Crippen molar-refractivity contribution in [2.45, 2.75) is 33.7 Å². The SMILES string of the molecule is CC(c1cc(Cl)cc2ccccc12)N(CC(C)(C)C)C(=O)O. The Labute approximate surface area is 136 Å². The summed E-state index contributed by atoms with van der Waals surface area (Å²) in [5.41, 5.74) is 0.829. The highest BCUT2D eigenvalue weighted by molar-refractivity contribution is 6.31. The quantitative estimate of drug-likeness (QED) is 0.802. The summed E-state index contributed by atoms with van der Waals surface area (Å²) in [5.74, 6) is 0. The summed E-state index contributed by atoms with van der Waals surface area (Å²) in [6, 6.07) is 11.4. The zero-order chi connectivity index (χ0) is 16.5. The minimum atomic E-state index is -0.911. The van der Waals surface area contributed by atoms with E-state index in [1.807, 2.05) is 64.1 Å². The van der Waals surface area contributed by atoms with Crippen molar-refractivity contribution >= 4 is 28.5 Å². The molecule has 2 aromatic carbocycles. The predicted octanol–water partition coefficient (Wildman–Crippen LogP) is 5.58. The fourth-order valence-corrected chi connectivity index (χ4v) is 2.93. The van der Waals surface area contributed by atoms with Gasteiger partial charge in [0.2, 0.25) is 0 Å². The molecule has 0 aliphatic rings. The molecule has 0 radical (unpaired) electrons. The summed E-state index contributed by atoms with van der Waals surface area (Å²) in [4.78, 5) is 13.2. The van der Waals surface area contributed by atoms with Crippen molar-refractivity contribution in [1.82, 2.24) is 4.90 Å². The van der Waals surface area contributed by atoms with Gasteiger partial charge in [-0.25, -0.2) is 4.79 Å². The van der Waals surface area contributed by atoms with Crippen LogP contribution in [0.4, 0.5) is 4.79 Å². The predicted molar refractivity (Wildman–Crippen MR) is 91.6 cm³/mol. The maximum atomic E-state index is 11.7. The monoisotopic (exact) mass is 319 g/mol. The van der Waals surface area contributed by atoms with E-state index in [4.69, 9.17) is 11.6 Å². The molecule has 0 aliphatic heterocycles. The second-order valence-electron chi connectivity index (χ2n) is 6.86. The van der Waals surface area contributed by atoms with E-state index in [0.717, 1.165) is 16.3 Å². The molecule has 118 valence electrons. The van der Waals surface area contributed by atoms with Crippen LogP contribution in [0.5, 0.6) is 0 Å². The maximum Gasteiger partial charge on any atom is 0.407 e. The van der Waals surface area contributed by atoms with E-state index in [0.29, 0.717) is 11.6 Å². The molecule has 0 spiro atoms. The number of rotatable bonds is 3. The minimum Gasteiger partial charge on any atom is -0.465 e. The highest BCUT2D eigenvalue weighted by Gasteiger charge is 2.27. The van der Waals surface area contributed by atoms with E-state index in [1.54, 1.807) is 0 Å². The minimum absolute atomic E-state index is 0.110. The second kappa shape index (κ2) is 6.17. The number of benzene rings is 2. The topological polar surface area (TPSA) is 40.5 Å². The highest BCUT2D eigenvalue weighted by atomic mass is 35.5. The zero-order valence-corrected chi connectivity index (χ0v) is 14.2. The maximum absolute atomic E-state index is 11.7. The molecular weight excluding hydrogens is 298 g/mol. The van der Waals surface area contributed by atoms with Gasteiger partial charge in [0.1, 0.15) is 0 Å². The van der Waals surface area contributed by atoms with Gasteiger partial charge in [-0.15, -0.1) is 0 Å². The third-order valence-corrected chi connectivity index (χ3v) is 3.88. The smallest absolute Gasteiger partial charge is 0.407 e. The van der Waals surface area contributed by atoms with E-state index in [2.05, 4.69) is 0 Å². The van der Waals surface area contributed by atoms with Gasteiger partial charge in [0, 0.05) is 11.6 Å². The summed E-state index contributed by atoms with van der Waals surface area (Å²) >= 11 is 6.22. The van der Waals surface area contributed by atoms with E-state index in [1.165, 1.54) is 4.90 Å². The molecular formula is C18H22ClNO2. The van der Waals surface area contributed by atoms with Gasteiger partial charge >= 0.3 is 6.09 Å². The molecule has 1 atom stereocenters. The fraction of sp³-hybridized carbons (Fsp3) is 0.389. The number of carboxylic acid groups (broad SMARTS) is 1. The third-order valence-electron chi connectivity index (χ3n) is 3.67. The van der Waals surface area contributed by atoms with Crippen LogP contribution in [0, 0.1) is 5.41 Å². The molecule has 2 rings (SSSR count). The van der Waals surface area contributed by atoms with Crippen LogP contribution in [0.25, 0.3) is 10.8 Å². The van der Waals surface area contributed by atoms with Crippen LogP contribution < -0.4 is 0 Å². The number of hydrogen-bond donors (Lipinski definition) is 1. The lowest BCUT2D eigenvalue weighted by Gasteiger charge is -2.33. The molecule has 1 amide bonds. The molecule has 4 heteroatoms. The lowest BCUT2D eigenvalue weighted by molar-refractivity contribution is 0.107. The molecule has 1 unspecified atom stereocenters. The van der Waals surface area contributed by atoms with E-state index in [9.17, 15) is 9.90 Å². The van der Waals surface area contributed by atoms with Crippen LogP contribution in [-0.4, -0.2) is 22.6 Å². The molecule has 1 N–H and O–H groups in total. The first-order valence-electron chi connectivity index (χ1n) is 7.37. The summed E-state index contributed by atoms with van der Waals surface area (Å²) in [6.07, 6.45) is -0.911. The van der Waals surface area contributed by atoms with Crippen LogP contribution in [0.2, 0.25) is 5.02 Å². The summed E-state index contributed by atoms with van der Waals surface area (Å²) in [6.45, 7) is 8.48. The molecule has 0 bridgehead atoms. The molecule has 2 aromatic rings. The number of hydrogen-bond acceptors (Lipinski definition) is 1. The number of nitrogens with zero attached hydrogens (tertiary/aromatic N) is 1. The van der Waals surface area contributed by atoms with E-state index in [-0.39, 0.29) is 11.5 Å². The van der Waals surface area contributed by atoms with Gasteiger partial charge in [-0.1, -0.05) is 56.6 Å². The van der Waals surface area contributed by atoms with Crippen molar-refractivity contribution < 1.29 is 9.90 Å². The van der Waals surface area contributed by atoms with Crippen molar-refractivity contribution in [3.8, 4) is 0 Å². The van der Waals surface area contributed by atoms with Crippen molar-refractivity contribution in [1.29, 1.82) is 0 Å². The first-order chi connectivity index (χ1) is 10.2. The molecule has 0 saturated carbocycles. The Bertz CT molecular complexity index is 691. The number of halogens is 1. The first kappa shape index (κ1) is 16.6. The van der Waals surface area contributed by atoms with Gasteiger partial charge in [0.15, 0.2) is 0 Å².